The SMILES string of the molecule is CCOc1c(F)cc(N)c2cccnc12. The second kappa shape index (κ2) is 3.73. The van der Waals surface area contributed by atoms with Gasteiger partial charge in [-0.1, -0.05) is 0 Å². The van der Waals surface area contributed by atoms with E-state index in [2.05, 4.69) is 4.98 Å². The summed E-state index contributed by atoms with van der Waals surface area (Å²) in [6, 6.07) is 4.81. The first-order chi connectivity index (χ1) is 7.24. The summed E-state index contributed by atoms with van der Waals surface area (Å²) in [7, 11) is 0. The molecular weight excluding hydrogens is 195 g/mol. The summed E-state index contributed by atoms with van der Waals surface area (Å²) in [6.45, 7) is 2.19. The molecule has 1 aromatic carbocycles. The van der Waals surface area contributed by atoms with Gasteiger partial charge < -0.3 is 10.5 Å². The quantitative estimate of drug-likeness (QED) is 0.767. The number of benzene rings is 1. The first kappa shape index (κ1) is 9.71. The maximum atomic E-state index is 13.5. The number of ether oxygens (including phenoxy) is 1. The molecule has 0 atom stereocenters. The third-order valence-corrected chi connectivity index (χ3v) is 2.12. The molecule has 0 aliphatic carbocycles. The molecule has 1 heterocycles. The van der Waals surface area contributed by atoms with Gasteiger partial charge in [0.15, 0.2) is 11.6 Å². The van der Waals surface area contributed by atoms with Crippen LogP contribution >= 0.6 is 0 Å². The minimum Gasteiger partial charge on any atom is -0.489 e. The zero-order chi connectivity index (χ0) is 10.8. The second-order valence-corrected chi connectivity index (χ2v) is 3.11. The molecule has 0 saturated heterocycles. The van der Waals surface area contributed by atoms with E-state index in [-0.39, 0.29) is 5.75 Å². The fourth-order valence-corrected chi connectivity index (χ4v) is 1.49. The van der Waals surface area contributed by atoms with Crippen LogP contribution in [0.4, 0.5) is 10.1 Å². The van der Waals surface area contributed by atoms with Crippen LogP contribution in [0.5, 0.6) is 5.75 Å². The molecule has 15 heavy (non-hydrogen) atoms. The summed E-state index contributed by atoms with van der Waals surface area (Å²) < 4.78 is 18.7. The number of hydrogen-bond acceptors (Lipinski definition) is 3. The van der Waals surface area contributed by atoms with Gasteiger partial charge in [0.1, 0.15) is 5.52 Å². The number of fused-ring (bicyclic) bond motifs is 1. The summed E-state index contributed by atoms with van der Waals surface area (Å²) in [6.07, 6.45) is 1.59. The molecule has 0 bridgehead atoms. The Kier molecular flexibility index (Phi) is 2.41. The number of anilines is 1. The van der Waals surface area contributed by atoms with Crippen LogP contribution in [0.3, 0.4) is 0 Å². The summed E-state index contributed by atoms with van der Waals surface area (Å²) in [5.74, 6) is -0.303. The lowest BCUT2D eigenvalue weighted by atomic mass is 10.1. The molecule has 2 N–H and O–H groups in total. The van der Waals surface area contributed by atoms with Gasteiger partial charge in [-0.25, -0.2) is 4.39 Å². The first-order valence-electron chi connectivity index (χ1n) is 4.69. The highest BCUT2D eigenvalue weighted by atomic mass is 19.1. The normalized spacial score (nSPS) is 10.5. The van der Waals surface area contributed by atoms with E-state index in [1.807, 2.05) is 0 Å². The van der Waals surface area contributed by atoms with Crippen molar-refractivity contribution in [2.45, 2.75) is 6.92 Å². The highest BCUT2D eigenvalue weighted by Crippen LogP contribution is 2.31. The van der Waals surface area contributed by atoms with Gasteiger partial charge in [-0.05, 0) is 19.1 Å². The van der Waals surface area contributed by atoms with Crippen molar-refractivity contribution >= 4 is 16.6 Å². The predicted octanol–water partition coefficient (Wildman–Crippen LogP) is 2.35. The number of nitrogen functional groups attached to an aromatic ring is 1. The summed E-state index contributed by atoms with van der Waals surface area (Å²) >= 11 is 0. The van der Waals surface area contributed by atoms with Gasteiger partial charge in [-0.15, -0.1) is 0 Å². The highest BCUT2D eigenvalue weighted by Gasteiger charge is 2.12. The molecular formula is C11H11FN2O. The Balaban J connectivity index is 2.77. The Morgan fingerprint density at radius 3 is 3.07 bits per heavy atom. The Morgan fingerprint density at radius 2 is 2.33 bits per heavy atom. The zero-order valence-electron chi connectivity index (χ0n) is 8.33. The maximum absolute atomic E-state index is 13.5. The molecule has 0 radical (unpaired) electrons. The number of hydrogen-bond donors (Lipinski definition) is 1. The van der Waals surface area contributed by atoms with Crippen molar-refractivity contribution in [1.82, 2.24) is 4.98 Å². The molecule has 0 aliphatic rings. The van der Waals surface area contributed by atoms with E-state index in [0.29, 0.717) is 23.2 Å². The van der Waals surface area contributed by atoms with Crippen LogP contribution in [0.25, 0.3) is 10.9 Å². The Bertz CT molecular complexity index is 499. The molecule has 2 rings (SSSR count). The van der Waals surface area contributed by atoms with Crippen molar-refractivity contribution in [3.05, 3.63) is 30.2 Å². The molecule has 0 aliphatic heterocycles. The fraction of sp³-hybridized carbons (Fsp3) is 0.182. The van der Waals surface area contributed by atoms with Gasteiger partial charge in [0.2, 0.25) is 0 Å². The van der Waals surface area contributed by atoms with E-state index >= 15 is 0 Å². The standard InChI is InChI=1S/C11H11FN2O/c1-2-15-11-8(12)6-9(13)7-4-3-5-14-10(7)11/h3-6H,2,13H2,1H3. The van der Waals surface area contributed by atoms with Gasteiger partial charge in [-0.2, -0.15) is 0 Å². The van der Waals surface area contributed by atoms with E-state index in [9.17, 15) is 4.39 Å². The number of rotatable bonds is 2. The van der Waals surface area contributed by atoms with Crippen molar-refractivity contribution in [2.75, 3.05) is 12.3 Å². The number of pyridine rings is 1. The maximum Gasteiger partial charge on any atom is 0.181 e. The molecule has 0 unspecified atom stereocenters. The third-order valence-electron chi connectivity index (χ3n) is 2.12. The number of halogens is 1. The van der Waals surface area contributed by atoms with Crippen LogP contribution in [-0.4, -0.2) is 11.6 Å². The van der Waals surface area contributed by atoms with Crippen LogP contribution in [0.1, 0.15) is 6.92 Å². The van der Waals surface area contributed by atoms with Gasteiger partial charge in [0.25, 0.3) is 0 Å². The molecule has 0 amide bonds. The molecule has 4 heteroatoms. The van der Waals surface area contributed by atoms with Crippen LogP contribution in [-0.2, 0) is 0 Å². The Labute approximate surface area is 86.7 Å². The molecule has 0 fully saturated rings. The first-order valence-corrected chi connectivity index (χ1v) is 4.69. The van der Waals surface area contributed by atoms with Crippen LogP contribution in [0.15, 0.2) is 24.4 Å². The second-order valence-electron chi connectivity index (χ2n) is 3.11. The van der Waals surface area contributed by atoms with Gasteiger partial charge in [0.05, 0.1) is 6.61 Å². The minimum atomic E-state index is -0.472. The number of nitrogens with zero attached hydrogens (tertiary/aromatic N) is 1. The smallest absolute Gasteiger partial charge is 0.181 e. The molecule has 78 valence electrons. The van der Waals surface area contributed by atoms with E-state index in [1.165, 1.54) is 6.07 Å². The topological polar surface area (TPSA) is 48.1 Å². The van der Waals surface area contributed by atoms with E-state index in [0.717, 1.165) is 0 Å². The van der Waals surface area contributed by atoms with Crippen LogP contribution < -0.4 is 10.5 Å². The fourth-order valence-electron chi connectivity index (χ4n) is 1.49. The van der Waals surface area contributed by atoms with Gasteiger partial charge >= 0.3 is 0 Å². The van der Waals surface area contributed by atoms with Crippen molar-refractivity contribution in [2.24, 2.45) is 0 Å². The van der Waals surface area contributed by atoms with Crippen LogP contribution in [0.2, 0.25) is 0 Å². The van der Waals surface area contributed by atoms with Gasteiger partial charge in [-0.3, -0.25) is 4.98 Å². The van der Waals surface area contributed by atoms with Crippen molar-refractivity contribution in [1.29, 1.82) is 0 Å². The third kappa shape index (κ3) is 1.58. The molecule has 2 aromatic rings. The summed E-state index contributed by atoms with van der Waals surface area (Å²) in [5.41, 5.74) is 6.53. The van der Waals surface area contributed by atoms with E-state index < -0.39 is 5.82 Å². The summed E-state index contributed by atoms with van der Waals surface area (Å²) in [5, 5.41) is 0.711. The molecule has 3 nitrogen and oxygen atoms in total. The average Bonchev–Trinajstić information content (AvgIpc) is 2.24. The van der Waals surface area contributed by atoms with Crippen molar-refractivity contribution < 1.29 is 9.13 Å². The van der Waals surface area contributed by atoms with Crippen molar-refractivity contribution in [3.63, 3.8) is 0 Å². The molecule has 0 spiro atoms. The highest BCUT2D eigenvalue weighted by molar-refractivity contribution is 5.94. The number of aromatic nitrogens is 1. The lowest BCUT2D eigenvalue weighted by Gasteiger charge is -2.09. The molecule has 0 saturated carbocycles. The Morgan fingerprint density at radius 1 is 1.53 bits per heavy atom. The lowest BCUT2D eigenvalue weighted by molar-refractivity contribution is 0.325. The molecule has 1 aromatic heterocycles. The van der Waals surface area contributed by atoms with Crippen molar-refractivity contribution in [3.8, 4) is 5.75 Å². The van der Waals surface area contributed by atoms with E-state index in [1.54, 1.807) is 25.3 Å². The number of nitrogens with two attached hydrogens (primary N) is 1. The van der Waals surface area contributed by atoms with Crippen LogP contribution in [0, 0.1) is 5.82 Å². The lowest BCUT2D eigenvalue weighted by Crippen LogP contribution is -1.99. The predicted molar refractivity (Wildman–Crippen MR) is 57.3 cm³/mol. The monoisotopic (exact) mass is 206 g/mol. The minimum absolute atomic E-state index is 0.169. The summed E-state index contributed by atoms with van der Waals surface area (Å²) in [4.78, 5) is 4.08. The largest absolute Gasteiger partial charge is 0.489 e. The van der Waals surface area contributed by atoms with E-state index in [4.69, 9.17) is 10.5 Å². The van der Waals surface area contributed by atoms with Gasteiger partial charge in [0, 0.05) is 23.3 Å². The Hall–Kier alpha value is -1.84. The average molecular weight is 206 g/mol. The zero-order valence-corrected chi connectivity index (χ0v) is 8.33.